The van der Waals surface area contributed by atoms with Crippen molar-refractivity contribution in [1.29, 1.82) is 0 Å². The predicted molar refractivity (Wildman–Crippen MR) is 73.2 cm³/mol. The minimum Gasteiger partial charge on any atom is -0.468 e. The molecular weight excluding hydrogens is 283 g/mol. The summed E-state index contributed by atoms with van der Waals surface area (Å²) in [4.78, 5) is 8.27. The fourth-order valence-corrected chi connectivity index (χ4v) is 1.64. The summed E-state index contributed by atoms with van der Waals surface area (Å²) in [5.41, 5.74) is 0.703. The summed E-state index contributed by atoms with van der Waals surface area (Å²) in [6.07, 6.45) is -4.41. The Morgan fingerprint density at radius 1 is 1.14 bits per heavy atom. The molecule has 112 valence electrons. The molecule has 0 aliphatic carbocycles. The number of alkyl halides is 3. The molecule has 1 aromatic heterocycles. The third-order valence-electron chi connectivity index (χ3n) is 2.48. The molecule has 0 amide bonds. The highest BCUT2D eigenvalue weighted by Gasteiger charge is 2.28. The van der Waals surface area contributed by atoms with Gasteiger partial charge in [0.25, 0.3) is 0 Å². The second-order valence-corrected chi connectivity index (χ2v) is 4.22. The van der Waals surface area contributed by atoms with Crippen LogP contribution in [0.2, 0.25) is 0 Å². The Hall–Kier alpha value is -2.31. The van der Waals surface area contributed by atoms with E-state index in [1.807, 2.05) is 13.0 Å². The number of hydrogen-bond acceptors (Lipinski definition) is 4. The topological polar surface area (TPSA) is 47.0 Å². The highest BCUT2D eigenvalue weighted by Crippen LogP contribution is 2.23. The quantitative estimate of drug-likeness (QED) is 0.917. The van der Waals surface area contributed by atoms with Gasteiger partial charge in [0.2, 0.25) is 5.88 Å². The van der Waals surface area contributed by atoms with Crippen molar-refractivity contribution in [1.82, 2.24) is 9.97 Å². The van der Waals surface area contributed by atoms with Crippen molar-refractivity contribution in [2.75, 3.05) is 18.5 Å². The fraction of sp³-hybridized carbons (Fsp3) is 0.286. The Morgan fingerprint density at radius 2 is 1.86 bits per heavy atom. The van der Waals surface area contributed by atoms with Gasteiger partial charge in [0.05, 0.1) is 0 Å². The zero-order valence-corrected chi connectivity index (χ0v) is 11.3. The molecular formula is C14H14F3N3O. The minimum atomic E-state index is -4.41. The van der Waals surface area contributed by atoms with Gasteiger partial charge in [-0.05, 0) is 6.92 Å². The fourth-order valence-electron chi connectivity index (χ4n) is 1.64. The van der Waals surface area contributed by atoms with Crippen LogP contribution in [0.25, 0.3) is 11.4 Å². The number of anilines is 1. The van der Waals surface area contributed by atoms with Gasteiger partial charge < -0.3 is 10.1 Å². The molecule has 0 radical (unpaired) electrons. The molecule has 0 saturated carbocycles. The Labute approximate surface area is 120 Å². The lowest BCUT2D eigenvalue weighted by molar-refractivity contribution is -0.154. The van der Waals surface area contributed by atoms with Crippen LogP contribution in [0.15, 0.2) is 36.4 Å². The summed E-state index contributed by atoms with van der Waals surface area (Å²) >= 11 is 0. The third-order valence-corrected chi connectivity index (χ3v) is 2.48. The van der Waals surface area contributed by atoms with E-state index in [4.69, 9.17) is 4.74 Å². The molecule has 0 aliphatic heterocycles. The Bertz CT molecular complexity index is 588. The maximum absolute atomic E-state index is 12.2. The molecule has 4 nitrogen and oxygen atoms in total. The van der Waals surface area contributed by atoms with E-state index in [2.05, 4.69) is 15.3 Å². The van der Waals surface area contributed by atoms with E-state index >= 15 is 0 Å². The molecule has 0 fully saturated rings. The maximum atomic E-state index is 12.2. The molecule has 1 N–H and O–H groups in total. The van der Waals surface area contributed by atoms with Gasteiger partial charge in [-0.3, -0.25) is 0 Å². The van der Waals surface area contributed by atoms with Gasteiger partial charge in [0.15, 0.2) is 12.4 Å². The van der Waals surface area contributed by atoms with Crippen LogP contribution in [0.1, 0.15) is 6.92 Å². The van der Waals surface area contributed by atoms with Crippen LogP contribution < -0.4 is 10.1 Å². The zero-order valence-electron chi connectivity index (χ0n) is 11.3. The van der Waals surface area contributed by atoms with Gasteiger partial charge in [-0.2, -0.15) is 18.2 Å². The molecule has 7 heteroatoms. The van der Waals surface area contributed by atoms with Gasteiger partial charge in [0, 0.05) is 18.2 Å². The van der Waals surface area contributed by atoms with Crippen molar-refractivity contribution in [2.45, 2.75) is 13.1 Å². The summed E-state index contributed by atoms with van der Waals surface area (Å²) in [5, 5.41) is 2.94. The summed E-state index contributed by atoms with van der Waals surface area (Å²) in [6, 6.07) is 10.3. The van der Waals surface area contributed by atoms with E-state index in [0.717, 1.165) is 0 Å². The van der Waals surface area contributed by atoms with Crippen LogP contribution >= 0.6 is 0 Å². The van der Waals surface area contributed by atoms with Crippen LogP contribution in [0.3, 0.4) is 0 Å². The van der Waals surface area contributed by atoms with Crippen LogP contribution in [-0.2, 0) is 0 Å². The van der Waals surface area contributed by atoms with Crippen molar-refractivity contribution in [2.24, 2.45) is 0 Å². The number of halogens is 3. The van der Waals surface area contributed by atoms with Gasteiger partial charge in [-0.15, -0.1) is 0 Å². The number of nitrogens with one attached hydrogen (secondary N) is 1. The van der Waals surface area contributed by atoms with E-state index < -0.39 is 12.8 Å². The Balaban J connectivity index is 2.30. The average molecular weight is 297 g/mol. The third kappa shape index (κ3) is 4.62. The number of ether oxygens (including phenoxy) is 1. The molecule has 0 atom stereocenters. The van der Waals surface area contributed by atoms with E-state index in [0.29, 0.717) is 23.8 Å². The number of benzene rings is 1. The summed E-state index contributed by atoms with van der Waals surface area (Å²) in [6.45, 7) is 1.06. The van der Waals surface area contributed by atoms with Crippen molar-refractivity contribution in [3.05, 3.63) is 36.4 Å². The van der Waals surface area contributed by atoms with Crippen LogP contribution in [0.5, 0.6) is 5.88 Å². The largest absolute Gasteiger partial charge is 0.468 e. The SMILES string of the molecule is CCNc1cc(OCC(F)(F)F)nc(-c2ccccc2)n1. The average Bonchev–Trinajstić information content (AvgIpc) is 2.46. The van der Waals surface area contributed by atoms with E-state index in [1.54, 1.807) is 24.3 Å². The highest BCUT2D eigenvalue weighted by molar-refractivity contribution is 5.58. The van der Waals surface area contributed by atoms with Crippen LogP contribution in [0, 0.1) is 0 Å². The molecule has 2 rings (SSSR count). The molecule has 21 heavy (non-hydrogen) atoms. The van der Waals surface area contributed by atoms with Crippen LogP contribution in [0.4, 0.5) is 19.0 Å². The number of rotatable bonds is 5. The molecule has 0 bridgehead atoms. The first kappa shape index (κ1) is 15.1. The first-order chi connectivity index (χ1) is 9.98. The Kier molecular flexibility index (Phi) is 4.62. The standard InChI is InChI=1S/C14H14F3N3O/c1-2-18-11-8-12(21-9-14(15,16)17)20-13(19-11)10-6-4-3-5-7-10/h3-8H,2,9H2,1H3,(H,18,19,20). The second kappa shape index (κ2) is 6.43. The molecule has 0 saturated heterocycles. The minimum absolute atomic E-state index is 0.114. The lowest BCUT2D eigenvalue weighted by Crippen LogP contribution is -2.20. The summed E-state index contributed by atoms with van der Waals surface area (Å²) < 4.78 is 41.4. The first-order valence-electron chi connectivity index (χ1n) is 6.36. The molecule has 2 aromatic rings. The summed E-state index contributed by atoms with van der Waals surface area (Å²) in [5.74, 6) is 0.617. The molecule has 0 unspecified atom stereocenters. The smallest absolute Gasteiger partial charge is 0.422 e. The van der Waals surface area contributed by atoms with E-state index in [1.165, 1.54) is 6.07 Å². The molecule has 0 aliphatic rings. The number of hydrogen-bond donors (Lipinski definition) is 1. The van der Waals surface area contributed by atoms with Gasteiger partial charge in [-0.25, -0.2) is 4.98 Å². The maximum Gasteiger partial charge on any atom is 0.422 e. The monoisotopic (exact) mass is 297 g/mol. The van der Waals surface area contributed by atoms with Gasteiger partial charge >= 0.3 is 6.18 Å². The van der Waals surface area contributed by atoms with Gasteiger partial charge in [0.1, 0.15) is 5.82 Å². The van der Waals surface area contributed by atoms with Crippen molar-refractivity contribution in [3.63, 3.8) is 0 Å². The lowest BCUT2D eigenvalue weighted by Gasteiger charge is -2.11. The molecule has 0 spiro atoms. The zero-order chi connectivity index (χ0) is 15.3. The Morgan fingerprint density at radius 3 is 2.48 bits per heavy atom. The summed E-state index contributed by atoms with van der Waals surface area (Å²) in [7, 11) is 0. The number of aromatic nitrogens is 2. The lowest BCUT2D eigenvalue weighted by atomic mass is 10.2. The van der Waals surface area contributed by atoms with Crippen molar-refractivity contribution in [3.8, 4) is 17.3 Å². The normalized spacial score (nSPS) is 11.2. The van der Waals surface area contributed by atoms with E-state index in [-0.39, 0.29) is 5.88 Å². The molecule has 1 heterocycles. The molecule has 1 aromatic carbocycles. The highest BCUT2D eigenvalue weighted by atomic mass is 19.4. The van der Waals surface area contributed by atoms with Crippen molar-refractivity contribution >= 4 is 5.82 Å². The van der Waals surface area contributed by atoms with Gasteiger partial charge in [-0.1, -0.05) is 30.3 Å². The van der Waals surface area contributed by atoms with E-state index in [9.17, 15) is 13.2 Å². The second-order valence-electron chi connectivity index (χ2n) is 4.22. The van der Waals surface area contributed by atoms with Crippen LogP contribution in [-0.4, -0.2) is 29.3 Å². The first-order valence-corrected chi connectivity index (χ1v) is 6.36. The number of nitrogens with zero attached hydrogens (tertiary/aromatic N) is 2. The predicted octanol–water partition coefficient (Wildman–Crippen LogP) is 3.52. The van der Waals surface area contributed by atoms with Crippen molar-refractivity contribution < 1.29 is 17.9 Å².